The van der Waals surface area contributed by atoms with E-state index in [1.165, 1.54) is 12.1 Å². The van der Waals surface area contributed by atoms with Crippen molar-refractivity contribution in [1.82, 2.24) is 4.90 Å². The summed E-state index contributed by atoms with van der Waals surface area (Å²) < 4.78 is 18.6. The van der Waals surface area contributed by atoms with Crippen molar-refractivity contribution in [3.05, 3.63) is 35.6 Å². The number of nitrogens with zero attached hydrogens (tertiary/aromatic N) is 1. The van der Waals surface area contributed by atoms with E-state index in [2.05, 4.69) is 0 Å². The Labute approximate surface area is 113 Å². The molecule has 1 saturated carbocycles. The van der Waals surface area contributed by atoms with E-state index >= 15 is 0 Å². The van der Waals surface area contributed by atoms with Crippen LogP contribution in [0.2, 0.25) is 0 Å². The molecular formula is C15H20FNO2. The minimum atomic E-state index is -0.508. The van der Waals surface area contributed by atoms with E-state index in [1.54, 1.807) is 11.0 Å². The van der Waals surface area contributed by atoms with E-state index in [1.807, 2.05) is 26.8 Å². The van der Waals surface area contributed by atoms with Crippen molar-refractivity contribution in [2.45, 2.75) is 51.8 Å². The Kier molecular flexibility index (Phi) is 3.78. The molecule has 0 radical (unpaired) electrons. The fraction of sp³-hybridized carbons (Fsp3) is 0.533. The largest absolute Gasteiger partial charge is 0.444 e. The summed E-state index contributed by atoms with van der Waals surface area (Å²) in [5.74, 6) is -0.280. The molecule has 1 aliphatic rings. The van der Waals surface area contributed by atoms with Crippen molar-refractivity contribution >= 4 is 6.09 Å². The minimum Gasteiger partial charge on any atom is -0.444 e. The van der Waals surface area contributed by atoms with Gasteiger partial charge in [-0.15, -0.1) is 0 Å². The molecule has 1 amide bonds. The highest BCUT2D eigenvalue weighted by atomic mass is 19.1. The lowest BCUT2D eigenvalue weighted by Crippen LogP contribution is -2.37. The molecule has 0 saturated heterocycles. The molecule has 1 fully saturated rings. The molecule has 2 rings (SSSR count). The average molecular weight is 265 g/mol. The molecule has 4 heteroatoms. The first-order valence-corrected chi connectivity index (χ1v) is 6.59. The van der Waals surface area contributed by atoms with E-state index in [4.69, 9.17) is 4.74 Å². The van der Waals surface area contributed by atoms with E-state index in [9.17, 15) is 9.18 Å². The number of carbonyl (C=O) groups excluding carboxylic acids is 1. The Morgan fingerprint density at radius 3 is 2.63 bits per heavy atom. The minimum absolute atomic E-state index is 0.234. The van der Waals surface area contributed by atoms with Crippen LogP contribution in [0, 0.1) is 5.82 Å². The standard InChI is InChI=1S/C15H20FNO2/c1-15(2,3)19-14(18)17(13-7-8-13)10-11-5-4-6-12(16)9-11/h4-6,9,13H,7-8,10H2,1-3H3. The third kappa shape index (κ3) is 4.23. The van der Waals surface area contributed by atoms with Crippen LogP contribution in [-0.2, 0) is 11.3 Å². The van der Waals surface area contributed by atoms with Gasteiger partial charge >= 0.3 is 6.09 Å². The van der Waals surface area contributed by atoms with Crippen LogP contribution in [0.5, 0.6) is 0 Å². The molecule has 3 nitrogen and oxygen atoms in total. The van der Waals surface area contributed by atoms with Gasteiger partial charge in [-0.2, -0.15) is 0 Å². The lowest BCUT2D eigenvalue weighted by Gasteiger charge is -2.27. The van der Waals surface area contributed by atoms with Gasteiger partial charge in [-0.3, -0.25) is 0 Å². The molecule has 0 N–H and O–H groups in total. The van der Waals surface area contributed by atoms with Crippen molar-refractivity contribution in [3.63, 3.8) is 0 Å². The van der Waals surface area contributed by atoms with Gasteiger partial charge in [0.2, 0.25) is 0 Å². The molecule has 1 aromatic rings. The summed E-state index contributed by atoms with van der Waals surface area (Å²) in [5.41, 5.74) is 0.282. The number of halogens is 1. The Bertz CT molecular complexity index is 463. The maximum absolute atomic E-state index is 13.2. The van der Waals surface area contributed by atoms with E-state index < -0.39 is 5.60 Å². The van der Waals surface area contributed by atoms with Crippen LogP contribution in [0.1, 0.15) is 39.2 Å². The predicted molar refractivity (Wildman–Crippen MR) is 71.2 cm³/mol. The molecule has 0 bridgehead atoms. The smallest absolute Gasteiger partial charge is 0.410 e. The van der Waals surface area contributed by atoms with Gasteiger partial charge in [0, 0.05) is 12.6 Å². The molecule has 0 atom stereocenters. The Hall–Kier alpha value is -1.58. The fourth-order valence-corrected chi connectivity index (χ4v) is 1.88. The summed E-state index contributed by atoms with van der Waals surface area (Å²) in [6.45, 7) is 5.94. The summed E-state index contributed by atoms with van der Waals surface area (Å²) in [5, 5.41) is 0. The van der Waals surface area contributed by atoms with Crippen molar-refractivity contribution < 1.29 is 13.9 Å². The number of hydrogen-bond acceptors (Lipinski definition) is 2. The zero-order valence-corrected chi connectivity index (χ0v) is 11.6. The molecule has 0 spiro atoms. The molecule has 0 aliphatic heterocycles. The summed E-state index contributed by atoms with van der Waals surface area (Å²) in [7, 11) is 0. The van der Waals surface area contributed by atoms with Crippen molar-refractivity contribution in [2.75, 3.05) is 0 Å². The average Bonchev–Trinajstić information content (AvgIpc) is 3.07. The molecule has 0 heterocycles. The lowest BCUT2D eigenvalue weighted by molar-refractivity contribution is 0.0216. The number of carbonyl (C=O) groups is 1. The van der Waals surface area contributed by atoms with Crippen molar-refractivity contribution in [3.8, 4) is 0 Å². The highest BCUT2D eigenvalue weighted by molar-refractivity contribution is 5.69. The first-order chi connectivity index (χ1) is 8.85. The van der Waals surface area contributed by atoms with Gasteiger partial charge in [-0.1, -0.05) is 12.1 Å². The Morgan fingerprint density at radius 2 is 2.11 bits per heavy atom. The van der Waals surface area contributed by atoms with Crippen LogP contribution < -0.4 is 0 Å². The zero-order chi connectivity index (χ0) is 14.0. The van der Waals surface area contributed by atoms with Crippen LogP contribution >= 0.6 is 0 Å². The second kappa shape index (κ2) is 5.19. The third-order valence-corrected chi connectivity index (χ3v) is 2.86. The highest BCUT2D eigenvalue weighted by Gasteiger charge is 2.35. The highest BCUT2D eigenvalue weighted by Crippen LogP contribution is 2.30. The fourth-order valence-electron chi connectivity index (χ4n) is 1.88. The SMILES string of the molecule is CC(C)(C)OC(=O)N(Cc1cccc(F)c1)C1CC1. The van der Waals surface area contributed by atoms with Gasteiger partial charge in [0.05, 0.1) is 0 Å². The molecule has 1 aliphatic carbocycles. The quantitative estimate of drug-likeness (QED) is 0.833. The van der Waals surface area contributed by atoms with Gasteiger partial charge in [0.15, 0.2) is 0 Å². The first-order valence-electron chi connectivity index (χ1n) is 6.59. The zero-order valence-electron chi connectivity index (χ0n) is 11.6. The molecule has 19 heavy (non-hydrogen) atoms. The topological polar surface area (TPSA) is 29.5 Å². The summed E-state index contributed by atoms with van der Waals surface area (Å²) in [6, 6.07) is 6.57. The van der Waals surface area contributed by atoms with E-state index in [0.717, 1.165) is 18.4 Å². The second-order valence-corrected chi connectivity index (χ2v) is 5.97. The number of hydrogen-bond donors (Lipinski definition) is 0. The lowest BCUT2D eigenvalue weighted by atomic mass is 10.2. The van der Waals surface area contributed by atoms with Crippen molar-refractivity contribution in [1.29, 1.82) is 0 Å². The van der Waals surface area contributed by atoms with Gasteiger partial charge in [0.1, 0.15) is 11.4 Å². The van der Waals surface area contributed by atoms with Crippen LogP contribution in [-0.4, -0.2) is 22.6 Å². The molecular weight excluding hydrogens is 245 g/mol. The Morgan fingerprint density at radius 1 is 1.42 bits per heavy atom. The van der Waals surface area contributed by atoms with Crippen LogP contribution in [0.3, 0.4) is 0 Å². The summed E-state index contributed by atoms with van der Waals surface area (Å²) >= 11 is 0. The summed E-state index contributed by atoms with van der Waals surface area (Å²) in [4.78, 5) is 13.8. The third-order valence-electron chi connectivity index (χ3n) is 2.86. The maximum Gasteiger partial charge on any atom is 0.410 e. The molecule has 0 aromatic heterocycles. The van der Waals surface area contributed by atoms with Gasteiger partial charge in [-0.05, 0) is 51.3 Å². The number of rotatable bonds is 3. The number of benzene rings is 1. The second-order valence-electron chi connectivity index (χ2n) is 5.97. The predicted octanol–water partition coefficient (Wildman–Crippen LogP) is 3.73. The van der Waals surface area contributed by atoms with Gasteiger partial charge < -0.3 is 9.64 Å². The normalized spacial score (nSPS) is 15.2. The molecule has 104 valence electrons. The Balaban J connectivity index is 2.06. The molecule has 0 unspecified atom stereocenters. The van der Waals surface area contributed by atoms with Crippen LogP contribution in [0.4, 0.5) is 9.18 Å². The van der Waals surface area contributed by atoms with Crippen LogP contribution in [0.25, 0.3) is 0 Å². The van der Waals surface area contributed by atoms with Crippen LogP contribution in [0.15, 0.2) is 24.3 Å². The monoisotopic (exact) mass is 265 g/mol. The molecule has 1 aromatic carbocycles. The number of amides is 1. The number of ether oxygens (including phenoxy) is 1. The van der Waals surface area contributed by atoms with E-state index in [-0.39, 0.29) is 18.0 Å². The maximum atomic E-state index is 13.2. The van der Waals surface area contributed by atoms with Gasteiger partial charge in [0.25, 0.3) is 0 Å². The van der Waals surface area contributed by atoms with Gasteiger partial charge in [-0.25, -0.2) is 9.18 Å². The van der Waals surface area contributed by atoms with E-state index in [0.29, 0.717) is 6.54 Å². The summed E-state index contributed by atoms with van der Waals surface area (Å²) in [6.07, 6.45) is 1.67. The first kappa shape index (κ1) is 13.8. The van der Waals surface area contributed by atoms with Crippen molar-refractivity contribution in [2.24, 2.45) is 0 Å².